The normalized spacial score (nSPS) is 10.8. The first-order chi connectivity index (χ1) is 12.6. The number of anilines is 1. The molecule has 0 aliphatic carbocycles. The summed E-state index contributed by atoms with van der Waals surface area (Å²) >= 11 is 0. The van der Waals surface area contributed by atoms with Crippen LogP contribution in [-0.4, -0.2) is 10.9 Å². The van der Waals surface area contributed by atoms with Gasteiger partial charge in [-0.15, -0.1) is 0 Å². The number of benzene rings is 3. The molecule has 0 saturated carbocycles. The van der Waals surface area contributed by atoms with Gasteiger partial charge in [-0.05, 0) is 43.3 Å². The molecule has 0 radical (unpaired) electrons. The number of carbonyl (C=O) groups excluding carboxylic acids is 1. The zero-order chi connectivity index (χ0) is 18.1. The van der Waals surface area contributed by atoms with Crippen molar-refractivity contribution in [3.05, 3.63) is 83.7 Å². The van der Waals surface area contributed by atoms with E-state index in [4.69, 9.17) is 4.42 Å². The van der Waals surface area contributed by atoms with Gasteiger partial charge in [-0.1, -0.05) is 29.8 Å². The van der Waals surface area contributed by atoms with E-state index in [1.165, 1.54) is 12.1 Å². The number of halogens is 1. The summed E-state index contributed by atoms with van der Waals surface area (Å²) < 4.78 is 19.6. The predicted molar refractivity (Wildman–Crippen MR) is 98.5 cm³/mol. The Morgan fingerprint density at radius 1 is 1.04 bits per heavy atom. The second-order valence-corrected chi connectivity index (χ2v) is 6.00. The summed E-state index contributed by atoms with van der Waals surface area (Å²) in [6.07, 6.45) is 0. The molecule has 4 nitrogen and oxygen atoms in total. The molecule has 1 amide bonds. The van der Waals surface area contributed by atoms with Crippen LogP contribution in [-0.2, 0) is 0 Å². The SMILES string of the molecule is Cc1cccc(-c2nc3ccc(NC(=O)c4ccccc4F)cc3o2)c1. The van der Waals surface area contributed by atoms with Crippen molar-refractivity contribution in [2.75, 3.05) is 5.32 Å². The van der Waals surface area contributed by atoms with Crippen LogP contribution in [0.5, 0.6) is 0 Å². The molecule has 5 heteroatoms. The van der Waals surface area contributed by atoms with Crippen LogP contribution in [0.2, 0.25) is 0 Å². The number of hydrogen-bond donors (Lipinski definition) is 1. The van der Waals surface area contributed by atoms with Crippen molar-refractivity contribution in [2.45, 2.75) is 6.92 Å². The number of aryl methyl sites for hydroxylation is 1. The first-order valence-corrected chi connectivity index (χ1v) is 8.14. The van der Waals surface area contributed by atoms with E-state index in [1.54, 1.807) is 30.3 Å². The van der Waals surface area contributed by atoms with Crippen LogP contribution in [0.3, 0.4) is 0 Å². The Balaban J connectivity index is 1.64. The van der Waals surface area contributed by atoms with Gasteiger partial charge >= 0.3 is 0 Å². The zero-order valence-electron chi connectivity index (χ0n) is 14.0. The summed E-state index contributed by atoms with van der Waals surface area (Å²) in [5.41, 5.74) is 3.74. The molecule has 4 aromatic rings. The van der Waals surface area contributed by atoms with E-state index in [0.717, 1.165) is 11.1 Å². The number of aromatic nitrogens is 1. The first kappa shape index (κ1) is 16.0. The maximum atomic E-state index is 13.7. The lowest BCUT2D eigenvalue weighted by Crippen LogP contribution is -2.13. The fraction of sp³-hybridized carbons (Fsp3) is 0.0476. The molecule has 26 heavy (non-hydrogen) atoms. The van der Waals surface area contributed by atoms with Crippen LogP contribution < -0.4 is 5.32 Å². The molecular weight excluding hydrogens is 331 g/mol. The maximum absolute atomic E-state index is 13.7. The lowest BCUT2D eigenvalue weighted by Gasteiger charge is -2.05. The largest absolute Gasteiger partial charge is 0.436 e. The first-order valence-electron chi connectivity index (χ1n) is 8.14. The summed E-state index contributed by atoms with van der Waals surface area (Å²) in [5, 5.41) is 2.68. The molecule has 0 atom stereocenters. The molecule has 4 rings (SSSR count). The highest BCUT2D eigenvalue weighted by Crippen LogP contribution is 2.27. The van der Waals surface area contributed by atoms with Crippen molar-refractivity contribution >= 4 is 22.7 Å². The quantitative estimate of drug-likeness (QED) is 0.555. The highest BCUT2D eigenvalue weighted by atomic mass is 19.1. The van der Waals surface area contributed by atoms with Crippen LogP contribution in [0.15, 0.2) is 71.1 Å². The molecular formula is C21H15FN2O2. The van der Waals surface area contributed by atoms with Crippen molar-refractivity contribution in [1.29, 1.82) is 0 Å². The summed E-state index contributed by atoms with van der Waals surface area (Å²) in [6.45, 7) is 2.00. The molecule has 1 aromatic heterocycles. The molecule has 0 saturated heterocycles. The van der Waals surface area contributed by atoms with Gasteiger partial charge in [0.15, 0.2) is 5.58 Å². The molecule has 0 spiro atoms. The van der Waals surface area contributed by atoms with Gasteiger partial charge < -0.3 is 9.73 Å². The monoisotopic (exact) mass is 346 g/mol. The van der Waals surface area contributed by atoms with Crippen molar-refractivity contribution in [3.8, 4) is 11.5 Å². The molecule has 0 fully saturated rings. The van der Waals surface area contributed by atoms with E-state index in [0.29, 0.717) is 22.7 Å². The van der Waals surface area contributed by atoms with Gasteiger partial charge in [-0.3, -0.25) is 4.79 Å². The van der Waals surface area contributed by atoms with Gasteiger partial charge in [-0.25, -0.2) is 9.37 Å². The lowest BCUT2D eigenvalue weighted by molar-refractivity contribution is 0.102. The molecule has 0 aliphatic heterocycles. The third-order valence-electron chi connectivity index (χ3n) is 4.03. The molecule has 1 heterocycles. The fourth-order valence-corrected chi connectivity index (χ4v) is 2.75. The summed E-state index contributed by atoms with van der Waals surface area (Å²) in [7, 11) is 0. The summed E-state index contributed by atoms with van der Waals surface area (Å²) in [5.74, 6) is -0.561. The minimum atomic E-state index is -0.563. The Morgan fingerprint density at radius 3 is 2.69 bits per heavy atom. The van der Waals surface area contributed by atoms with E-state index in [1.807, 2.05) is 31.2 Å². The number of fused-ring (bicyclic) bond motifs is 1. The number of hydrogen-bond acceptors (Lipinski definition) is 3. The topological polar surface area (TPSA) is 55.1 Å². The Kier molecular flexibility index (Phi) is 3.97. The fourth-order valence-electron chi connectivity index (χ4n) is 2.75. The Labute approximate surface area is 149 Å². The third kappa shape index (κ3) is 3.07. The second-order valence-electron chi connectivity index (χ2n) is 6.00. The number of nitrogens with zero attached hydrogens (tertiary/aromatic N) is 1. The number of nitrogens with one attached hydrogen (secondary N) is 1. The Hall–Kier alpha value is -3.47. The van der Waals surface area contributed by atoms with Gasteiger partial charge in [0, 0.05) is 17.3 Å². The number of amides is 1. The molecule has 0 aliphatic rings. The standard InChI is InChI=1S/C21H15FN2O2/c1-13-5-4-6-14(11-13)21-24-18-10-9-15(12-19(18)26-21)23-20(25)16-7-2-3-8-17(16)22/h2-12H,1H3,(H,23,25). The van der Waals surface area contributed by atoms with E-state index in [-0.39, 0.29) is 5.56 Å². The minimum absolute atomic E-state index is 0.00869. The van der Waals surface area contributed by atoms with E-state index in [9.17, 15) is 9.18 Å². The van der Waals surface area contributed by atoms with Gasteiger partial charge in [0.25, 0.3) is 5.91 Å². The van der Waals surface area contributed by atoms with Crippen LogP contribution in [0.1, 0.15) is 15.9 Å². The van der Waals surface area contributed by atoms with Crippen molar-refractivity contribution in [3.63, 3.8) is 0 Å². The zero-order valence-corrected chi connectivity index (χ0v) is 14.0. The predicted octanol–water partition coefficient (Wildman–Crippen LogP) is 5.19. The maximum Gasteiger partial charge on any atom is 0.258 e. The molecule has 0 bridgehead atoms. The second kappa shape index (κ2) is 6.44. The van der Waals surface area contributed by atoms with Crippen molar-refractivity contribution in [2.24, 2.45) is 0 Å². The minimum Gasteiger partial charge on any atom is -0.436 e. The van der Waals surface area contributed by atoms with E-state index >= 15 is 0 Å². The smallest absolute Gasteiger partial charge is 0.258 e. The van der Waals surface area contributed by atoms with Gasteiger partial charge in [0.1, 0.15) is 11.3 Å². The molecule has 128 valence electrons. The number of oxazole rings is 1. The number of carbonyl (C=O) groups is 1. The summed E-state index contributed by atoms with van der Waals surface area (Å²) in [4.78, 5) is 16.7. The molecule has 1 N–H and O–H groups in total. The van der Waals surface area contributed by atoms with Crippen molar-refractivity contribution < 1.29 is 13.6 Å². The van der Waals surface area contributed by atoms with E-state index < -0.39 is 11.7 Å². The molecule has 0 unspecified atom stereocenters. The van der Waals surface area contributed by atoms with E-state index in [2.05, 4.69) is 10.3 Å². The van der Waals surface area contributed by atoms with Crippen LogP contribution >= 0.6 is 0 Å². The average molecular weight is 346 g/mol. The highest BCUT2D eigenvalue weighted by molar-refractivity contribution is 6.05. The summed E-state index contributed by atoms with van der Waals surface area (Å²) in [6, 6.07) is 18.9. The lowest BCUT2D eigenvalue weighted by atomic mass is 10.1. The van der Waals surface area contributed by atoms with Gasteiger partial charge in [-0.2, -0.15) is 0 Å². The Morgan fingerprint density at radius 2 is 1.88 bits per heavy atom. The van der Waals surface area contributed by atoms with Gasteiger partial charge in [0.05, 0.1) is 5.56 Å². The average Bonchev–Trinajstić information content (AvgIpc) is 3.05. The van der Waals surface area contributed by atoms with Crippen LogP contribution in [0.25, 0.3) is 22.6 Å². The van der Waals surface area contributed by atoms with Crippen LogP contribution in [0, 0.1) is 12.7 Å². The Bertz CT molecular complexity index is 1120. The van der Waals surface area contributed by atoms with Crippen molar-refractivity contribution in [1.82, 2.24) is 4.98 Å². The number of rotatable bonds is 3. The molecule has 3 aromatic carbocycles. The van der Waals surface area contributed by atoms with Crippen LogP contribution in [0.4, 0.5) is 10.1 Å². The van der Waals surface area contributed by atoms with Gasteiger partial charge in [0.2, 0.25) is 5.89 Å². The highest BCUT2D eigenvalue weighted by Gasteiger charge is 2.13. The third-order valence-corrected chi connectivity index (χ3v) is 4.03.